The summed E-state index contributed by atoms with van der Waals surface area (Å²) in [6.07, 6.45) is 4.89. The molecule has 0 heterocycles. The van der Waals surface area contributed by atoms with E-state index in [2.05, 4.69) is 31.9 Å². The van der Waals surface area contributed by atoms with Gasteiger partial charge in [-0.25, -0.2) is 4.39 Å². The molecule has 0 aromatic heterocycles. The zero-order chi connectivity index (χ0) is 10.8. The van der Waals surface area contributed by atoms with Crippen molar-refractivity contribution in [2.45, 2.75) is 30.5 Å². The van der Waals surface area contributed by atoms with E-state index in [1.54, 1.807) is 6.07 Å². The fourth-order valence-electron chi connectivity index (χ4n) is 2.19. The van der Waals surface area contributed by atoms with Crippen LogP contribution in [0, 0.1) is 11.7 Å². The van der Waals surface area contributed by atoms with E-state index in [1.807, 2.05) is 6.07 Å². The molecule has 2 rings (SSSR count). The smallest absolute Gasteiger partial charge is 0.124 e. The second-order valence-corrected chi connectivity index (χ2v) is 6.18. The Hall–Kier alpha value is 0.110. The topological polar surface area (TPSA) is 0 Å². The molecule has 1 aliphatic rings. The largest absolute Gasteiger partial charge is 0.207 e. The molecule has 1 saturated carbocycles. The van der Waals surface area contributed by atoms with Crippen LogP contribution < -0.4 is 0 Å². The number of halogens is 3. The van der Waals surface area contributed by atoms with Crippen LogP contribution in [0.15, 0.2) is 22.7 Å². The van der Waals surface area contributed by atoms with Gasteiger partial charge in [0.2, 0.25) is 0 Å². The van der Waals surface area contributed by atoms with Crippen LogP contribution in [0.2, 0.25) is 0 Å². The molecule has 2 atom stereocenters. The van der Waals surface area contributed by atoms with Gasteiger partial charge in [-0.05, 0) is 42.9 Å². The number of hydrogen-bond acceptors (Lipinski definition) is 0. The molecule has 1 fully saturated rings. The summed E-state index contributed by atoms with van der Waals surface area (Å²) in [6, 6.07) is 4.98. The van der Waals surface area contributed by atoms with Gasteiger partial charge in [-0.1, -0.05) is 44.3 Å². The summed E-state index contributed by atoms with van der Waals surface area (Å²) in [5.74, 6) is 0.527. The van der Waals surface area contributed by atoms with Gasteiger partial charge >= 0.3 is 0 Å². The first-order chi connectivity index (χ1) is 7.16. The Morgan fingerprint density at radius 2 is 2.13 bits per heavy atom. The van der Waals surface area contributed by atoms with Crippen LogP contribution in [-0.4, -0.2) is 4.83 Å². The highest BCUT2D eigenvalue weighted by molar-refractivity contribution is 9.10. The zero-order valence-corrected chi connectivity index (χ0v) is 11.5. The maximum Gasteiger partial charge on any atom is 0.124 e. The van der Waals surface area contributed by atoms with Crippen molar-refractivity contribution in [1.29, 1.82) is 0 Å². The summed E-state index contributed by atoms with van der Waals surface area (Å²) in [4.78, 5) is 0.634. The first-order valence-corrected chi connectivity index (χ1v) is 6.95. The molecule has 3 heteroatoms. The molecular formula is C12H13Br2F. The van der Waals surface area contributed by atoms with E-state index >= 15 is 0 Å². The summed E-state index contributed by atoms with van der Waals surface area (Å²) in [5.41, 5.74) is 1.22. The van der Waals surface area contributed by atoms with E-state index < -0.39 is 0 Å². The first kappa shape index (κ1) is 11.6. The van der Waals surface area contributed by atoms with Crippen LogP contribution >= 0.6 is 31.9 Å². The maximum absolute atomic E-state index is 12.9. The van der Waals surface area contributed by atoms with Crippen molar-refractivity contribution in [1.82, 2.24) is 0 Å². The fourth-order valence-corrected chi connectivity index (χ4v) is 3.48. The van der Waals surface area contributed by atoms with Crippen molar-refractivity contribution in [2.75, 3.05) is 0 Å². The van der Waals surface area contributed by atoms with Crippen molar-refractivity contribution in [3.63, 3.8) is 0 Å². The Kier molecular flexibility index (Phi) is 3.83. The monoisotopic (exact) mass is 334 g/mol. The summed E-state index contributed by atoms with van der Waals surface area (Å²) < 4.78 is 13.8. The summed E-state index contributed by atoms with van der Waals surface area (Å²) in [5, 5.41) is 0. The zero-order valence-electron chi connectivity index (χ0n) is 8.35. The van der Waals surface area contributed by atoms with Gasteiger partial charge in [0.05, 0.1) is 0 Å². The SMILES string of the molecule is Fc1ccc(CC2CCCC2Br)c(Br)c1. The average Bonchev–Trinajstić information content (AvgIpc) is 2.57. The Labute approximate surface area is 107 Å². The standard InChI is InChI=1S/C12H13Br2F/c13-11-3-1-2-8(11)6-9-4-5-10(15)7-12(9)14/h4-5,7-8,11H,1-3,6H2. The Morgan fingerprint density at radius 1 is 1.33 bits per heavy atom. The molecule has 0 radical (unpaired) electrons. The summed E-state index contributed by atoms with van der Waals surface area (Å²) >= 11 is 7.13. The molecule has 1 aromatic carbocycles. The fraction of sp³-hybridized carbons (Fsp3) is 0.500. The predicted molar refractivity (Wildman–Crippen MR) is 67.9 cm³/mol. The first-order valence-electron chi connectivity index (χ1n) is 5.25. The van der Waals surface area contributed by atoms with Crippen LogP contribution in [0.1, 0.15) is 24.8 Å². The van der Waals surface area contributed by atoms with E-state index in [0.717, 1.165) is 10.9 Å². The number of alkyl halides is 1. The van der Waals surface area contributed by atoms with Crippen molar-refractivity contribution < 1.29 is 4.39 Å². The van der Waals surface area contributed by atoms with Gasteiger partial charge in [-0.15, -0.1) is 0 Å². The molecule has 15 heavy (non-hydrogen) atoms. The van der Waals surface area contributed by atoms with Crippen molar-refractivity contribution in [3.8, 4) is 0 Å². The lowest BCUT2D eigenvalue weighted by molar-refractivity contribution is 0.559. The second-order valence-electron chi connectivity index (χ2n) is 4.15. The van der Waals surface area contributed by atoms with Gasteiger partial charge in [0, 0.05) is 9.30 Å². The molecule has 0 amide bonds. The minimum Gasteiger partial charge on any atom is -0.207 e. The minimum atomic E-state index is -0.174. The molecule has 0 nitrogen and oxygen atoms in total. The molecule has 1 aromatic rings. The van der Waals surface area contributed by atoms with Gasteiger partial charge in [0.15, 0.2) is 0 Å². The van der Waals surface area contributed by atoms with E-state index in [-0.39, 0.29) is 5.82 Å². The lowest BCUT2D eigenvalue weighted by Crippen LogP contribution is -2.10. The summed E-state index contributed by atoms with van der Waals surface area (Å²) in [7, 11) is 0. The highest BCUT2D eigenvalue weighted by atomic mass is 79.9. The van der Waals surface area contributed by atoms with Crippen molar-refractivity contribution in [2.24, 2.45) is 5.92 Å². The highest BCUT2D eigenvalue weighted by Crippen LogP contribution is 2.35. The van der Waals surface area contributed by atoms with Crippen LogP contribution in [0.25, 0.3) is 0 Å². The van der Waals surface area contributed by atoms with Crippen LogP contribution in [0.5, 0.6) is 0 Å². The van der Waals surface area contributed by atoms with Gasteiger partial charge in [0.25, 0.3) is 0 Å². The Morgan fingerprint density at radius 3 is 2.73 bits per heavy atom. The van der Waals surface area contributed by atoms with Crippen LogP contribution in [0.3, 0.4) is 0 Å². The third-order valence-electron chi connectivity index (χ3n) is 3.06. The minimum absolute atomic E-state index is 0.174. The molecule has 0 N–H and O–H groups in total. The lowest BCUT2D eigenvalue weighted by atomic mass is 9.98. The molecule has 0 bridgehead atoms. The van der Waals surface area contributed by atoms with Gasteiger partial charge in [0.1, 0.15) is 5.82 Å². The maximum atomic E-state index is 12.9. The molecular weight excluding hydrogens is 323 g/mol. The van der Waals surface area contributed by atoms with Crippen LogP contribution in [0.4, 0.5) is 4.39 Å². The molecule has 0 aliphatic heterocycles. The Bertz CT molecular complexity index is 351. The number of rotatable bonds is 2. The molecule has 0 spiro atoms. The lowest BCUT2D eigenvalue weighted by Gasteiger charge is -2.14. The molecule has 1 aliphatic carbocycles. The van der Waals surface area contributed by atoms with Crippen molar-refractivity contribution >= 4 is 31.9 Å². The third-order valence-corrected chi connectivity index (χ3v) is 5.01. The normalized spacial score (nSPS) is 25.8. The van der Waals surface area contributed by atoms with E-state index in [0.29, 0.717) is 10.7 Å². The third kappa shape index (κ3) is 2.82. The molecule has 0 saturated heterocycles. The molecule has 2 unspecified atom stereocenters. The van der Waals surface area contributed by atoms with E-state index in [9.17, 15) is 4.39 Å². The second kappa shape index (κ2) is 4.96. The molecule has 82 valence electrons. The Balaban J connectivity index is 2.10. The average molecular weight is 336 g/mol. The van der Waals surface area contributed by atoms with Gasteiger partial charge in [-0.2, -0.15) is 0 Å². The van der Waals surface area contributed by atoms with Crippen molar-refractivity contribution in [3.05, 3.63) is 34.1 Å². The number of hydrogen-bond donors (Lipinski definition) is 0. The van der Waals surface area contributed by atoms with Gasteiger partial charge in [-0.3, -0.25) is 0 Å². The highest BCUT2D eigenvalue weighted by Gasteiger charge is 2.25. The van der Waals surface area contributed by atoms with E-state index in [1.165, 1.54) is 30.9 Å². The van der Waals surface area contributed by atoms with E-state index in [4.69, 9.17) is 0 Å². The summed E-state index contributed by atoms with van der Waals surface area (Å²) in [6.45, 7) is 0. The number of benzene rings is 1. The van der Waals surface area contributed by atoms with Gasteiger partial charge < -0.3 is 0 Å². The van der Waals surface area contributed by atoms with Crippen LogP contribution in [-0.2, 0) is 6.42 Å². The predicted octanol–water partition coefficient (Wildman–Crippen LogP) is 4.69. The quantitative estimate of drug-likeness (QED) is 0.687.